The molecule has 4 nitrogen and oxygen atoms in total. The molecule has 5 rings (SSSR count). The summed E-state index contributed by atoms with van der Waals surface area (Å²) in [7, 11) is 0. The number of imide groups is 1. The van der Waals surface area contributed by atoms with Gasteiger partial charge in [-0.1, -0.05) is 23.3 Å². The highest BCUT2D eigenvalue weighted by atomic mass is 32.1. The van der Waals surface area contributed by atoms with Gasteiger partial charge in [0.25, 0.3) is 0 Å². The lowest BCUT2D eigenvalue weighted by atomic mass is 9.81. The summed E-state index contributed by atoms with van der Waals surface area (Å²) >= 11 is 1.45. The Balaban J connectivity index is 1.52. The van der Waals surface area contributed by atoms with Gasteiger partial charge in [0.2, 0.25) is 11.8 Å². The summed E-state index contributed by atoms with van der Waals surface area (Å²) in [6.07, 6.45) is 2.06. The first-order valence-electron chi connectivity index (χ1n) is 10.4. The third-order valence-electron chi connectivity index (χ3n) is 7.19. The van der Waals surface area contributed by atoms with Gasteiger partial charge in [0, 0.05) is 10.4 Å². The average molecular weight is 407 g/mol. The van der Waals surface area contributed by atoms with E-state index in [0.29, 0.717) is 5.13 Å². The second-order valence-corrected chi connectivity index (χ2v) is 10.2. The van der Waals surface area contributed by atoms with Gasteiger partial charge in [0.1, 0.15) is 0 Å². The van der Waals surface area contributed by atoms with Crippen molar-refractivity contribution in [1.82, 2.24) is 4.98 Å². The van der Waals surface area contributed by atoms with Crippen molar-refractivity contribution in [3.05, 3.63) is 45.3 Å². The van der Waals surface area contributed by atoms with Crippen LogP contribution in [0, 0.1) is 44.4 Å². The number of fused-ring (bicyclic) bond motifs is 5. The number of benzene rings is 1. The van der Waals surface area contributed by atoms with Crippen LogP contribution in [0.4, 0.5) is 5.13 Å². The van der Waals surface area contributed by atoms with Crippen molar-refractivity contribution in [1.29, 1.82) is 0 Å². The third kappa shape index (κ3) is 2.53. The van der Waals surface area contributed by atoms with Crippen molar-refractivity contribution in [2.24, 2.45) is 23.7 Å². The maximum Gasteiger partial charge on any atom is 0.240 e. The minimum absolute atomic E-state index is 0.0358. The molecule has 1 saturated heterocycles. The molecule has 0 N–H and O–H groups in total. The predicted octanol–water partition coefficient (Wildman–Crippen LogP) is 5.22. The van der Waals surface area contributed by atoms with E-state index in [2.05, 4.69) is 45.9 Å². The Bertz CT molecular complexity index is 1060. The van der Waals surface area contributed by atoms with Gasteiger partial charge < -0.3 is 0 Å². The van der Waals surface area contributed by atoms with E-state index in [4.69, 9.17) is 4.98 Å². The highest BCUT2D eigenvalue weighted by Gasteiger charge is 2.64. The smallest absolute Gasteiger partial charge is 0.240 e. The molecule has 2 aliphatic carbocycles. The van der Waals surface area contributed by atoms with Crippen molar-refractivity contribution in [3.63, 3.8) is 0 Å². The monoisotopic (exact) mass is 406 g/mol. The Labute approximate surface area is 175 Å². The first-order valence-corrected chi connectivity index (χ1v) is 11.2. The number of allylic oxidation sites excluding steroid dienone is 2. The number of rotatable bonds is 2. The van der Waals surface area contributed by atoms with Crippen molar-refractivity contribution in [2.45, 2.75) is 47.5 Å². The van der Waals surface area contributed by atoms with E-state index >= 15 is 0 Å². The van der Waals surface area contributed by atoms with Crippen LogP contribution < -0.4 is 4.90 Å². The first kappa shape index (κ1) is 18.7. The molecule has 2 bridgehead atoms. The van der Waals surface area contributed by atoms with E-state index in [1.165, 1.54) is 38.5 Å². The molecule has 1 aliphatic heterocycles. The number of carbonyl (C=O) groups excluding carboxylic acids is 2. The molecule has 0 spiro atoms. The number of hydrogen-bond acceptors (Lipinski definition) is 4. The van der Waals surface area contributed by atoms with Gasteiger partial charge in [0.05, 0.1) is 17.5 Å². The van der Waals surface area contributed by atoms with E-state index in [9.17, 15) is 9.59 Å². The molecule has 2 aromatic rings. The number of nitrogens with zero attached hydrogens (tertiary/aromatic N) is 2. The summed E-state index contributed by atoms with van der Waals surface area (Å²) in [5.74, 6) is 0.0620. The van der Waals surface area contributed by atoms with Crippen molar-refractivity contribution in [2.75, 3.05) is 4.90 Å². The van der Waals surface area contributed by atoms with E-state index in [1.807, 2.05) is 6.92 Å². The van der Waals surface area contributed by atoms with Gasteiger partial charge in [0.15, 0.2) is 5.13 Å². The Morgan fingerprint density at radius 2 is 1.62 bits per heavy atom. The molecule has 1 aromatic heterocycles. The largest absolute Gasteiger partial charge is 0.274 e. The number of aromatic nitrogens is 1. The summed E-state index contributed by atoms with van der Waals surface area (Å²) in [5.41, 5.74) is 7.04. The standard InChI is InChI=1S/C24H26N2O2S/c1-11(2)18-16-8-9-17(18)20-19(16)22(27)26(23(20)28)24-25-21(14(5)29-24)15-7-6-12(3)13(4)10-15/h6-7,10,16-17,19-20H,8-9H2,1-5H3/t16-,17-,19-,20-/m1/s1. The quantitative estimate of drug-likeness (QED) is 0.508. The molecule has 2 saturated carbocycles. The van der Waals surface area contributed by atoms with Gasteiger partial charge in [-0.3, -0.25) is 9.59 Å². The Kier molecular flexibility index (Phi) is 4.11. The van der Waals surface area contributed by atoms with Crippen molar-refractivity contribution < 1.29 is 9.59 Å². The summed E-state index contributed by atoms with van der Waals surface area (Å²) in [6, 6.07) is 6.29. The molecule has 0 radical (unpaired) electrons. The maximum absolute atomic E-state index is 13.4. The topological polar surface area (TPSA) is 50.3 Å². The number of amides is 2. The highest BCUT2D eigenvalue weighted by Crippen LogP contribution is 2.60. The van der Waals surface area contributed by atoms with Crippen molar-refractivity contribution >= 4 is 28.3 Å². The fourth-order valence-electron chi connectivity index (χ4n) is 5.81. The lowest BCUT2D eigenvalue weighted by molar-refractivity contribution is -0.123. The molecule has 5 heteroatoms. The molecule has 29 heavy (non-hydrogen) atoms. The minimum Gasteiger partial charge on any atom is -0.274 e. The lowest BCUT2D eigenvalue weighted by Crippen LogP contribution is -2.33. The van der Waals surface area contributed by atoms with Gasteiger partial charge in [-0.05, 0) is 76.5 Å². The Morgan fingerprint density at radius 3 is 2.17 bits per heavy atom. The summed E-state index contributed by atoms with van der Waals surface area (Å²) in [5, 5.41) is 0.540. The second kappa shape index (κ2) is 6.36. The van der Waals surface area contributed by atoms with Crippen LogP contribution in [0.15, 0.2) is 29.3 Å². The normalized spacial score (nSPS) is 27.9. The van der Waals surface area contributed by atoms with Crippen LogP contribution in [0.25, 0.3) is 11.3 Å². The Morgan fingerprint density at radius 1 is 1.00 bits per heavy atom. The van der Waals surface area contributed by atoms with Gasteiger partial charge in [-0.25, -0.2) is 9.88 Å². The SMILES string of the molecule is CC(C)=C1[C@H]2CC[C@H]1[C@H]1C(=O)N(c3nc(-c4ccc(C)c(C)c4)c(C)s3)C(=O)[C@@H]12. The molecule has 150 valence electrons. The number of carbonyl (C=O) groups is 2. The zero-order valence-corrected chi connectivity index (χ0v) is 18.4. The average Bonchev–Trinajstić information content (AvgIpc) is 3.39. The van der Waals surface area contributed by atoms with E-state index < -0.39 is 0 Å². The van der Waals surface area contributed by atoms with Crippen LogP contribution in [-0.4, -0.2) is 16.8 Å². The summed E-state index contributed by atoms with van der Waals surface area (Å²) in [4.78, 5) is 33.9. The first-order chi connectivity index (χ1) is 13.8. The molecule has 3 fully saturated rings. The molecular weight excluding hydrogens is 380 g/mol. The maximum atomic E-state index is 13.4. The third-order valence-corrected chi connectivity index (χ3v) is 8.14. The van der Waals surface area contributed by atoms with Gasteiger partial charge >= 0.3 is 0 Å². The van der Waals surface area contributed by atoms with E-state index in [1.54, 1.807) is 0 Å². The molecule has 0 unspecified atom stereocenters. The number of aryl methyl sites for hydroxylation is 3. The van der Waals surface area contributed by atoms with Crippen LogP contribution in [0.1, 0.15) is 42.7 Å². The van der Waals surface area contributed by atoms with Crippen LogP contribution in [0.3, 0.4) is 0 Å². The number of thiazole rings is 1. The molecule has 3 aliphatic rings. The highest BCUT2D eigenvalue weighted by molar-refractivity contribution is 7.16. The van der Waals surface area contributed by atoms with Gasteiger partial charge in [-0.15, -0.1) is 11.3 Å². The molecular formula is C24H26N2O2S. The summed E-state index contributed by atoms with van der Waals surface area (Å²) in [6.45, 7) is 10.4. The zero-order chi connectivity index (χ0) is 20.6. The van der Waals surface area contributed by atoms with Crippen LogP contribution in [0.2, 0.25) is 0 Å². The Hall–Kier alpha value is -2.27. The van der Waals surface area contributed by atoms with Crippen molar-refractivity contribution in [3.8, 4) is 11.3 Å². The lowest BCUT2D eigenvalue weighted by Gasteiger charge is -2.18. The van der Waals surface area contributed by atoms with E-state index in [-0.39, 0.29) is 35.5 Å². The number of hydrogen-bond donors (Lipinski definition) is 0. The molecule has 2 amide bonds. The fraction of sp³-hybridized carbons (Fsp3) is 0.458. The summed E-state index contributed by atoms with van der Waals surface area (Å²) < 4.78 is 0. The molecule has 2 heterocycles. The molecule has 4 atom stereocenters. The van der Waals surface area contributed by atoms with Crippen LogP contribution in [-0.2, 0) is 9.59 Å². The van der Waals surface area contributed by atoms with Crippen LogP contribution in [0.5, 0.6) is 0 Å². The van der Waals surface area contributed by atoms with Gasteiger partial charge in [-0.2, -0.15) is 0 Å². The second-order valence-electron chi connectivity index (χ2n) is 9.01. The predicted molar refractivity (Wildman–Crippen MR) is 116 cm³/mol. The van der Waals surface area contributed by atoms with E-state index in [0.717, 1.165) is 29.0 Å². The number of anilines is 1. The zero-order valence-electron chi connectivity index (χ0n) is 17.6. The molecule has 1 aromatic carbocycles. The minimum atomic E-state index is -0.180. The van der Waals surface area contributed by atoms with Crippen LogP contribution >= 0.6 is 11.3 Å². The fourth-order valence-corrected chi connectivity index (χ4v) is 6.76.